The molecule has 5 nitrogen and oxygen atoms in total. The molecule has 1 rings (SSSR count). The second-order valence-corrected chi connectivity index (χ2v) is 6.91. The van der Waals surface area contributed by atoms with Crippen molar-refractivity contribution in [3.8, 4) is 0 Å². The molecule has 1 aromatic rings. The smallest absolute Gasteiger partial charge is 0.336 e. The number of carboxylic acid groups (broad SMARTS) is 1. The summed E-state index contributed by atoms with van der Waals surface area (Å²) in [7, 11) is -3.92. The largest absolute Gasteiger partial charge is 0.479 e. The van der Waals surface area contributed by atoms with E-state index in [0.717, 1.165) is 5.56 Å². The van der Waals surface area contributed by atoms with Gasteiger partial charge >= 0.3 is 5.97 Å². The van der Waals surface area contributed by atoms with Gasteiger partial charge in [0.05, 0.1) is 4.90 Å². The van der Waals surface area contributed by atoms with Gasteiger partial charge in [-0.25, -0.2) is 13.2 Å². The second-order valence-electron chi connectivity index (χ2n) is 4.88. The van der Waals surface area contributed by atoms with E-state index in [-0.39, 0.29) is 10.8 Å². The lowest BCUT2D eigenvalue weighted by molar-refractivity contribution is -0.137. The molecule has 0 amide bonds. The van der Waals surface area contributed by atoms with E-state index in [2.05, 4.69) is 5.32 Å². The van der Waals surface area contributed by atoms with Crippen LogP contribution in [0.1, 0.15) is 19.4 Å². The molecule has 0 radical (unpaired) electrons. The molecule has 0 aliphatic carbocycles. The van der Waals surface area contributed by atoms with Gasteiger partial charge in [-0.05, 0) is 31.5 Å². The fourth-order valence-corrected chi connectivity index (χ4v) is 2.91. The van der Waals surface area contributed by atoms with Crippen LogP contribution in [-0.2, 0) is 14.6 Å². The van der Waals surface area contributed by atoms with Crippen LogP contribution in [0.3, 0.4) is 0 Å². The zero-order valence-electron chi connectivity index (χ0n) is 11.3. The van der Waals surface area contributed by atoms with Gasteiger partial charge in [-0.1, -0.05) is 31.5 Å². The molecule has 19 heavy (non-hydrogen) atoms. The lowest BCUT2D eigenvalue weighted by Crippen LogP contribution is -2.44. The Hall–Kier alpha value is -1.40. The quantitative estimate of drug-likeness (QED) is 0.826. The van der Waals surface area contributed by atoms with Crippen molar-refractivity contribution in [2.24, 2.45) is 5.92 Å². The molecule has 1 unspecified atom stereocenters. The molecule has 0 spiro atoms. The van der Waals surface area contributed by atoms with E-state index in [9.17, 15) is 13.2 Å². The number of hydrogen-bond donors (Lipinski definition) is 2. The Balaban J connectivity index is 3.06. The van der Waals surface area contributed by atoms with Crippen LogP contribution < -0.4 is 5.32 Å². The van der Waals surface area contributed by atoms with Crippen LogP contribution in [0.5, 0.6) is 0 Å². The Bertz CT molecular complexity index is 534. The van der Waals surface area contributed by atoms with Gasteiger partial charge in [0.15, 0.2) is 0 Å². The molecule has 106 valence electrons. The fraction of sp³-hybridized carbons (Fsp3) is 0.462. The normalized spacial score (nSPS) is 13.5. The minimum Gasteiger partial charge on any atom is -0.479 e. The van der Waals surface area contributed by atoms with Crippen LogP contribution >= 0.6 is 0 Å². The van der Waals surface area contributed by atoms with Crippen LogP contribution in [0.15, 0.2) is 29.2 Å². The average Bonchev–Trinajstić information content (AvgIpc) is 2.28. The summed E-state index contributed by atoms with van der Waals surface area (Å²) >= 11 is 0. The predicted molar refractivity (Wildman–Crippen MR) is 72.6 cm³/mol. The van der Waals surface area contributed by atoms with Gasteiger partial charge in [0.1, 0.15) is 0 Å². The highest BCUT2D eigenvalue weighted by Crippen LogP contribution is 2.16. The first-order chi connectivity index (χ1) is 8.75. The van der Waals surface area contributed by atoms with Crippen molar-refractivity contribution in [1.29, 1.82) is 0 Å². The van der Waals surface area contributed by atoms with Crippen molar-refractivity contribution >= 4 is 15.8 Å². The van der Waals surface area contributed by atoms with Crippen LogP contribution in [0, 0.1) is 12.8 Å². The summed E-state index contributed by atoms with van der Waals surface area (Å²) in [5.41, 5.74) is 0.918. The zero-order chi connectivity index (χ0) is 14.6. The molecule has 0 saturated carbocycles. The number of carbonyl (C=O) groups is 1. The maximum atomic E-state index is 12.3. The Morgan fingerprint density at radius 1 is 1.26 bits per heavy atom. The molecular weight excluding hydrogens is 266 g/mol. The molecule has 0 aliphatic rings. The van der Waals surface area contributed by atoms with E-state index in [4.69, 9.17) is 5.11 Å². The van der Waals surface area contributed by atoms with Crippen molar-refractivity contribution in [3.05, 3.63) is 29.8 Å². The SMILES string of the molecule is Cc1ccc(S(=O)(=O)C(NCC(C)C)C(=O)O)cc1. The Labute approximate surface area is 113 Å². The van der Waals surface area contributed by atoms with E-state index in [0.29, 0.717) is 6.54 Å². The van der Waals surface area contributed by atoms with Crippen molar-refractivity contribution in [2.45, 2.75) is 31.0 Å². The minimum absolute atomic E-state index is 0.0155. The summed E-state index contributed by atoms with van der Waals surface area (Å²) in [4.78, 5) is 11.2. The standard InChI is InChI=1S/C13H19NO4S/c1-9(2)8-14-12(13(15)16)19(17,18)11-6-4-10(3)5-7-11/h4-7,9,12,14H,8H2,1-3H3,(H,15,16). The first-order valence-electron chi connectivity index (χ1n) is 6.02. The number of sulfone groups is 1. The molecule has 1 atom stereocenters. The highest BCUT2D eigenvalue weighted by Gasteiger charge is 2.33. The second kappa shape index (κ2) is 6.16. The molecule has 0 saturated heterocycles. The first kappa shape index (κ1) is 15.7. The molecule has 0 bridgehead atoms. The monoisotopic (exact) mass is 285 g/mol. The Kier molecular flexibility index (Phi) is 5.08. The third kappa shape index (κ3) is 4.04. The highest BCUT2D eigenvalue weighted by molar-refractivity contribution is 7.92. The predicted octanol–water partition coefficient (Wildman–Crippen LogP) is 1.43. The van der Waals surface area contributed by atoms with Crippen molar-refractivity contribution in [2.75, 3.05) is 6.54 Å². The summed E-state index contributed by atoms with van der Waals surface area (Å²) in [5.74, 6) is -1.23. The minimum atomic E-state index is -3.92. The van der Waals surface area contributed by atoms with E-state index in [1.807, 2.05) is 20.8 Å². The van der Waals surface area contributed by atoms with Gasteiger partial charge in [-0.2, -0.15) is 0 Å². The number of carboxylic acids is 1. The average molecular weight is 285 g/mol. The van der Waals surface area contributed by atoms with E-state index >= 15 is 0 Å². The maximum absolute atomic E-state index is 12.3. The lowest BCUT2D eigenvalue weighted by atomic mass is 10.2. The van der Waals surface area contributed by atoms with Crippen LogP contribution in [0.25, 0.3) is 0 Å². The van der Waals surface area contributed by atoms with Gasteiger partial charge in [-0.3, -0.25) is 5.32 Å². The Morgan fingerprint density at radius 3 is 2.21 bits per heavy atom. The zero-order valence-corrected chi connectivity index (χ0v) is 12.1. The van der Waals surface area contributed by atoms with Crippen molar-refractivity contribution < 1.29 is 18.3 Å². The lowest BCUT2D eigenvalue weighted by Gasteiger charge is -2.16. The number of rotatable bonds is 6. The molecule has 0 aromatic heterocycles. The maximum Gasteiger partial charge on any atom is 0.336 e. The summed E-state index contributed by atoms with van der Waals surface area (Å²) < 4.78 is 24.5. The summed E-state index contributed by atoms with van der Waals surface area (Å²) in [6, 6.07) is 6.15. The fourth-order valence-electron chi connectivity index (χ4n) is 1.54. The molecule has 6 heteroatoms. The van der Waals surface area contributed by atoms with Crippen molar-refractivity contribution in [1.82, 2.24) is 5.32 Å². The van der Waals surface area contributed by atoms with Crippen LogP contribution in [0.4, 0.5) is 0 Å². The third-order valence-corrected chi connectivity index (χ3v) is 4.51. The van der Waals surface area contributed by atoms with Gasteiger partial charge in [0.2, 0.25) is 15.2 Å². The summed E-state index contributed by atoms with van der Waals surface area (Å²) in [6.45, 7) is 5.92. The van der Waals surface area contributed by atoms with Crippen molar-refractivity contribution in [3.63, 3.8) is 0 Å². The van der Waals surface area contributed by atoms with Gasteiger partial charge in [0, 0.05) is 0 Å². The molecule has 0 fully saturated rings. The van der Waals surface area contributed by atoms with Gasteiger partial charge in [-0.15, -0.1) is 0 Å². The molecule has 1 aromatic carbocycles. The van der Waals surface area contributed by atoms with Gasteiger partial charge in [0.25, 0.3) is 0 Å². The first-order valence-corrected chi connectivity index (χ1v) is 7.56. The van der Waals surface area contributed by atoms with E-state index in [1.165, 1.54) is 12.1 Å². The number of aryl methyl sites for hydroxylation is 1. The van der Waals surface area contributed by atoms with Crippen LogP contribution in [0.2, 0.25) is 0 Å². The van der Waals surface area contributed by atoms with E-state index < -0.39 is 21.2 Å². The number of aliphatic carboxylic acids is 1. The highest BCUT2D eigenvalue weighted by atomic mass is 32.2. The summed E-state index contributed by atoms with van der Waals surface area (Å²) in [5, 5.41) is 10.1. The number of hydrogen-bond acceptors (Lipinski definition) is 4. The molecule has 0 aliphatic heterocycles. The Morgan fingerprint density at radius 2 is 1.79 bits per heavy atom. The third-order valence-electron chi connectivity index (χ3n) is 2.60. The van der Waals surface area contributed by atoms with E-state index in [1.54, 1.807) is 12.1 Å². The number of benzene rings is 1. The molecule has 0 heterocycles. The molecular formula is C13H19NO4S. The van der Waals surface area contributed by atoms with Crippen LogP contribution in [-0.4, -0.2) is 31.4 Å². The number of nitrogens with one attached hydrogen (secondary N) is 1. The summed E-state index contributed by atoms with van der Waals surface area (Å²) in [6.07, 6.45) is 0. The molecule has 2 N–H and O–H groups in total. The topological polar surface area (TPSA) is 83.5 Å². The van der Waals surface area contributed by atoms with Gasteiger partial charge < -0.3 is 5.11 Å².